The molecule has 0 aliphatic heterocycles. The summed E-state index contributed by atoms with van der Waals surface area (Å²) in [4.78, 5) is 17.1. The zero-order chi connectivity index (χ0) is 20.4. The summed E-state index contributed by atoms with van der Waals surface area (Å²) in [6.45, 7) is 2.00. The fraction of sp³-hybridized carbons (Fsp3) is 0.0909. The van der Waals surface area contributed by atoms with Crippen molar-refractivity contribution in [3.8, 4) is 0 Å². The lowest BCUT2D eigenvalue weighted by atomic mass is 10.1. The summed E-state index contributed by atoms with van der Waals surface area (Å²) < 4.78 is 2.00. The first-order valence-electron chi connectivity index (χ1n) is 8.83. The number of hydrogen-bond donors (Lipinski definition) is 1. The number of thioether (sulfide) groups is 1. The molecule has 7 heteroatoms. The summed E-state index contributed by atoms with van der Waals surface area (Å²) in [5.41, 5.74) is 4.53. The second-order valence-corrected chi connectivity index (χ2v) is 9.59. The molecule has 29 heavy (non-hydrogen) atoms. The first-order valence-corrected chi connectivity index (χ1v) is 11.4. The lowest BCUT2D eigenvalue weighted by Crippen LogP contribution is -2.11. The predicted molar refractivity (Wildman–Crippen MR) is 125 cm³/mol. The molecule has 0 saturated carbocycles. The molecule has 0 unspecified atom stereocenters. The van der Waals surface area contributed by atoms with Crippen molar-refractivity contribution in [2.24, 2.45) is 0 Å². The van der Waals surface area contributed by atoms with E-state index in [-0.39, 0.29) is 5.91 Å². The summed E-state index contributed by atoms with van der Waals surface area (Å²) in [5.74, 6) is 0.636. The van der Waals surface area contributed by atoms with Crippen molar-refractivity contribution in [2.45, 2.75) is 17.0 Å². The van der Waals surface area contributed by atoms with Crippen LogP contribution in [0.4, 0.5) is 5.69 Å². The number of aromatic nitrogens is 1. The highest BCUT2D eigenvalue weighted by Gasteiger charge is 2.10. The third-order valence-electron chi connectivity index (χ3n) is 4.29. The normalized spacial score (nSPS) is 11.0. The number of rotatable bonds is 5. The lowest BCUT2D eigenvalue weighted by molar-refractivity contribution is 0.102. The monoisotopic (exact) mass is 458 g/mol. The van der Waals surface area contributed by atoms with Crippen LogP contribution in [0.25, 0.3) is 10.2 Å². The van der Waals surface area contributed by atoms with Gasteiger partial charge in [0.15, 0.2) is 4.34 Å². The molecule has 4 aromatic rings. The number of anilines is 1. The van der Waals surface area contributed by atoms with E-state index in [9.17, 15) is 4.79 Å². The van der Waals surface area contributed by atoms with Gasteiger partial charge in [-0.2, -0.15) is 0 Å². The van der Waals surface area contributed by atoms with Crippen LogP contribution in [0, 0.1) is 6.92 Å². The van der Waals surface area contributed by atoms with E-state index in [4.69, 9.17) is 23.2 Å². The largest absolute Gasteiger partial charge is 0.322 e. The number of aryl methyl sites for hydroxylation is 1. The van der Waals surface area contributed by atoms with Crippen LogP contribution in [0.1, 0.15) is 21.5 Å². The molecule has 3 aromatic carbocycles. The summed E-state index contributed by atoms with van der Waals surface area (Å²) in [6, 6.07) is 18.9. The Morgan fingerprint density at radius 3 is 2.59 bits per heavy atom. The molecule has 0 aliphatic carbocycles. The van der Waals surface area contributed by atoms with Crippen LogP contribution < -0.4 is 5.32 Å². The minimum absolute atomic E-state index is 0.122. The highest BCUT2D eigenvalue weighted by Crippen LogP contribution is 2.34. The van der Waals surface area contributed by atoms with E-state index >= 15 is 0 Å². The number of thiazole rings is 1. The van der Waals surface area contributed by atoms with Gasteiger partial charge in [0, 0.05) is 17.0 Å². The molecule has 1 aromatic heterocycles. The quantitative estimate of drug-likeness (QED) is 0.315. The number of nitrogens with zero attached hydrogens (tertiary/aromatic N) is 1. The van der Waals surface area contributed by atoms with Gasteiger partial charge in [-0.15, -0.1) is 11.3 Å². The maximum Gasteiger partial charge on any atom is 0.255 e. The molecular formula is C22H16Cl2N2OS2. The number of benzene rings is 3. The van der Waals surface area contributed by atoms with Crippen molar-refractivity contribution in [1.29, 1.82) is 0 Å². The highest BCUT2D eigenvalue weighted by molar-refractivity contribution is 8.00. The average molecular weight is 459 g/mol. The Bertz CT molecular complexity index is 1190. The third-order valence-corrected chi connectivity index (χ3v) is 7.26. The van der Waals surface area contributed by atoms with E-state index in [0.29, 0.717) is 15.6 Å². The molecule has 1 heterocycles. The fourth-order valence-electron chi connectivity index (χ4n) is 2.73. The van der Waals surface area contributed by atoms with Crippen LogP contribution in [0.15, 0.2) is 65.0 Å². The number of carbonyl (C=O) groups is 1. The first kappa shape index (κ1) is 20.2. The van der Waals surface area contributed by atoms with Gasteiger partial charge in [0.1, 0.15) is 0 Å². The third kappa shape index (κ3) is 4.93. The second-order valence-electron chi connectivity index (χ2n) is 6.52. The molecule has 0 spiro atoms. The molecule has 0 fully saturated rings. The molecule has 0 atom stereocenters. The van der Waals surface area contributed by atoms with E-state index in [1.165, 1.54) is 0 Å². The van der Waals surface area contributed by atoms with Gasteiger partial charge in [-0.1, -0.05) is 58.7 Å². The molecule has 0 aliphatic rings. The molecule has 146 valence electrons. The summed E-state index contributed by atoms with van der Waals surface area (Å²) >= 11 is 15.3. The van der Waals surface area contributed by atoms with Crippen LogP contribution in [0.5, 0.6) is 0 Å². The smallest absolute Gasteiger partial charge is 0.255 e. The first-order chi connectivity index (χ1) is 14.0. The number of halogens is 2. The maximum atomic E-state index is 12.4. The zero-order valence-corrected chi connectivity index (χ0v) is 18.6. The van der Waals surface area contributed by atoms with Gasteiger partial charge in [-0.25, -0.2) is 4.98 Å². The van der Waals surface area contributed by atoms with Crippen LogP contribution in [0.3, 0.4) is 0 Å². The Kier molecular flexibility index (Phi) is 6.11. The van der Waals surface area contributed by atoms with E-state index in [1.54, 1.807) is 29.2 Å². The van der Waals surface area contributed by atoms with E-state index in [0.717, 1.165) is 37.1 Å². The number of hydrogen-bond acceptors (Lipinski definition) is 4. The van der Waals surface area contributed by atoms with Crippen molar-refractivity contribution < 1.29 is 4.79 Å². The highest BCUT2D eigenvalue weighted by atomic mass is 35.5. The van der Waals surface area contributed by atoms with Crippen molar-refractivity contribution >= 4 is 68.1 Å². The summed E-state index contributed by atoms with van der Waals surface area (Å²) in [5, 5.41) is 4.07. The molecule has 0 saturated heterocycles. The Labute approximate surface area is 187 Å². The average Bonchev–Trinajstić information content (AvgIpc) is 3.11. The number of carbonyl (C=O) groups excluding carboxylic acids is 1. The van der Waals surface area contributed by atoms with Crippen LogP contribution in [-0.2, 0) is 5.75 Å². The van der Waals surface area contributed by atoms with Gasteiger partial charge in [-0.05, 0) is 55.0 Å². The van der Waals surface area contributed by atoms with Crippen molar-refractivity contribution in [2.75, 3.05) is 5.32 Å². The Balaban J connectivity index is 1.46. The van der Waals surface area contributed by atoms with E-state index in [2.05, 4.69) is 10.3 Å². The molecule has 0 radical (unpaired) electrons. The topological polar surface area (TPSA) is 42.0 Å². The number of amides is 1. The zero-order valence-electron chi connectivity index (χ0n) is 15.4. The van der Waals surface area contributed by atoms with Crippen molar-refractivity contribution in [3.63, 3.8) is 0 Å². The Hall–Kier alpha value is -2.05. The minimum Gasteiger partial charge on any atom is -0.322 e. The van der Waals surface area contributed by atoms with E-state index < -0.39 is 0 Å². The van der Waals surface area contributed by atoms with Crippen molar-refractivity contribution in [3.05, 3.63) is 87.4 Å². The molecule has 3 nitrogen and oxygen atoms in total. The Morgan fingerprint density at radius 2 is 1.83 bits per heavy atom. The lowest BCUT2D eigenvalue weighted by Gasteiger charge is -2.05. The molecule has 0 bridgehead atoms. The van der Waals surface area contributed by atoms with Gasteiger partial charge >= 0.3 is 0 Å². The molecule has 4 rings (SSSR count). The summed E-state index contributed by atoms with van der Waals surface area (Å²) in [6.07, 6.45) is 0. The van der Waals surface area contributed by atoms with Crippen LogP contribution in [-0.4, -0.2) is 10.9 Å². The van der Waals surface area contributed by atoms with Gasteiger partial charge in [0.05, 0.1) is 20.3 Å². The number of fused-ring (bicyclic) bond motifs is 1. The van der Waals surface area contributed by atoms with Crippen LogP contribution in [0.2, 0.25) is 10.0 Å². The molecular weight excluding hydrogens is 443 g/mol. The maximum absolute atomic E-state index is 12.4. The van der Waals surface area contributed by atoms with E-state index in [1.807, 2.05) is 61.5 Å². The minimum atomic E-state index is -0.122. The van der Waals surface area contributed by atoms with Gasteiger partial charge in [-0.3, -0.25) is 4.79 Å². The van der Waals surface area contributed by atoms with Crippen LogP contribution >= 0.6 is 46.3 Å². The second kappa shape index (κ2) is 8.76. The van der Waals surface area contributed by atoms with Gasteiger partial charge in [0.2, 0.25) is 0 Å². The standard InChI is InChI=1S/C22H16Cl2N2OS2/c1-13-2-5-15(6-3-13)21(27)25-16-7-9-19-20(11-16)29-22(26-19)28-12-14-4-8-17(23)18(24)10-14/h2-11H,12H2,1H3,(H,25,27). The molecule has 1 N–H and O–H groups in total. The number of nitrogens with one attached hydrogen (secondary N) is 1. The fourth-order valence-corrected chi connectivity index (χ4v) is 5.10. The predicted octanol–water partition coefficient (Wildman–Crippen LogP) is 7.46. The van der Waals surface area contributed by atoms with Crippen molar-refractivity contribution in [1.82, 2.24) is 4.98 Å². The Morgan fingerprint density at radius 1 is 1.03 bits per heavy atom. The summed E-state index contributed by atoms with van der Waals surface area (Å²) in [7, 11) is 0. The SMILES string of the molecule is Cc1ccc(C(=O)Nc2ccc3nc(SCc4ccc(Cl)c(Cl)c4)sc3c2)cc1. The van der Waals surface area contributed by atoms with Gasteiger partial charge in [0.25, 0.3) is 5.91 Å². The van der Waals surface area contributed by atoms with Gasteiger partial charge < -0.3 is 5.32 Å². The molecule has 1 amide bonds.